The molecule has 6 nitrogen and oxygen atoms in total. The van der Waals surface area contributed by atoms with Gasteiger partial charge in [-0.05, 0) is 87.7 Å². The molecule has 1 amide bonds. The maximum atomic E-state index is 13.9. The van der Waals surface area contributed by atoms with E-state index in [9.17, 15) is 13.6 Å². The minimum atomic E-state index is -0.647. The molecule has 37 heavy (non-hydrogen) atoms. The summed E-state index contributed by atoms with van der Waals surface area (Å²) in [4.78, 5) is 19.3. The Morgan fingerprint density at radius 1 is 0.973 bits per heavy atom. The molecule has 3 aromatic rings. The van der Waals surface area contributed by atoms with Crippen LogP contribution in [0.2, 0.25) is 0 Å². The predicted molar refractivity (Wildman–Crippen MR) is 138 cm³/mol. The Hall–Kier alpha value is -3.26. The van der Waals surface area contributed by atoms with Crippen LogP contribution in [0.15, 0.2) is 54.7 Å². The molecule has 1 saturated carbocycles. The summed E-state index contributed by atoms with van der Waals surface area (Å²) in [6.07, 6.45) is 8.10. The molecule has 2 aliphatic rings. The fraction of sp³-hybridized carbons (Fsp3) is 0.448. The van der Waals surface area contributed by atoms with Crippen LogP contribution >= 0.6 is 0 Å². The normalized spacial score (nSPS) is 21.0. The molecule has 1 aliphatic heterocycles. The Morgan fingerprint density at radius 2 is 1.76 bits per heavy atom. The average molecular weight is 510 g/mol. The van der Waals surface area contributed by atoms with Gasteiger partial charge in [0.25, 0.3) is 0 Å². The largest absolute Gasteiger partial charge is 0.487 e. The molecular weight excluding hydrogens is 476 g/mol. The van der Waals surface area contributed by atoms with E-state index in [2.05, 4.69) is 15.2 Å². The summed E-state index contributed by atoms with van der Waals surface area (Å²) < 4.78 is 38.3. The molecule has 0 radical (unpaired) electrons. The number of benzene rings is 2. The van der Waals surface area contributed by atoms with Crippen LogP contribution in [0, 0.1) is 17.6 Å². The van der Waals surface area contributed by atoms with E-state index in [1.165, 1.54) is 12.1 Å². The number of amides is 1. The number of nitrogens with one attached hydrogen (secondary N) is 1. The van der Waals surface area contributed by atoms with Gasteiger partial charge < -0.3 is 19.7 Å². The third-order valence-electron chi connectivity index (χ3n) is 7.56. The van der Waals surface area contributed by atoms with Crippen LogP contribution < -0.4 is 14.8 Å². The number of ether oxygens (including phenoxy) is 2. The van der Waals surface area contributed by atoms with Crippen molar-refractivity contribution in [2.75, 3.05) is 19.6 Å². The number of carbonyl (C=O) groups excluding carboxylic acids is 1. The molecule has 2 heterocycles. The van der Waals surface area contributed by atoms with E-state index < -0.39 is 17.7 Å². The van der Waals surface area contributed by atoms with Gasteiger partial charge in [-0.1, -0.05) is 12.1 Å². The number of carbonyl (C=O) groups is 1. The second-order valence-electron chi connectivity index (χ2n) is 10.1. The monoisotopic (exact) mass is 509 g/mol. The van der Waals surface area contributed by atoms with Gasteiger partial charge in [-0.3, -0.25) is 4.98 Å². The second-order valence-corrected chi connectivity index (χ2v) is 10.1. The number of rotatable bonds is 7. The maximum Gasteiger partial charge on any atom is 0.412 e. The van der Waals surface area contributed by atoms with Gasteiger partial charge in [0.15, 0.2) is 11.6 Å². The van der Waals surface area contributed by atoms with Crippen molar-refractivity contribution >= 4 is 17.0 Å². The van der Waals surface area contributed by atoms with E-state index in [1.54, 1.807) is 12.3 Å². The summed E-state index contributed by atoms with van der Waals surface area (Å²) in [5.41, 5.74) is 0.798. The van der Waals surface area contributed by atoms with Crippen molar-refractivity contribution in [3.05, 3.63) is 66.4 Å². The molecule has 0 bridgehead atoms. The van der Waals surface area contributed by atoms with Crippen molar-refractivity contribution in [1.82, 2.24) is 15.2 Å². The van der Waals surface area contributed by atoms with Crippen LogP contribution in [0.5, 0.6) is 11.5 Å². The Labute approximate surface area is 216 Å². The Balaban J connectivity index is 0.992. The van der Waals surface area contributed by atoms with Crippen molar-refractivity contribution in [2.24, 2.45) is 5.92 Å². The van der Waals surface area contributed by atoms with E-state index in [1.807, 2.05) is 24.3 Å². The smallest absolute Gasteiger partial charge is 0.412 e. The quantitative estimate of drug-likeness (QED) is 0.417. The van der Waals surface area contributed by atoms with Crippen molar-refractivity contribution in [1.29, 1.82) is 0 Å². The first-order valence-electron chi connectivity index (χ1n) is 13.2. The van der Waals surface area contributed by atoms with E-state index in [0.717, 1.165) is 81.5 Å². The summed E-state index contributed by atoms with van der Waals surface area (Å²) >= 11 is 0. The third-order valence-corrected chi connectivity index (χ3v) is 7.56. The molecule has 2 aromatic carbocycles. The number of likely N-dealkylation sites (tertiary alicyclic amines) is 1. The van der Waals surface area contributed by atoms with Crippen molar-refractivity contribution in [3.63, 3.8) is 0 Å². The predicted octanol–water partition coefficient (Wildman–Crippen LogP) is 6.09. The Morgan fingerprint density at radius 3 is 2.54 bits per heavy atom. The van der Waals surface area contributed by atoms with Crippen LogP contribution in [-0.2, 0) is 0 Å². The summed E-state index contributed by atoms with van der Waals surface area (Å²) in [6.45, 7) is 2.87. The highest BCUT2D eigenvalue weighted by Gasteiger charge is 2.26. The number of pyridine rings is 1. The van der Waals surface area contributed by atoms with Crippen molar-refractivity contribution in [2.45, 2.75) is 57.1 Å². The molecule has 1 N–H and O–H groups in total. The van der Waals surface area contributed by atoms with E-state index >= 15 is 0 Å². The zero-order chi connectivity index (χ0) is 25.6. The number of piperidine rings is 1. The molecule has 0 atom stereocenters. The van der Waals surface area contributed by atoms with Crippen LogP contribution in [0.1, 0.15) is 44.9 Å². The minimum absolute atomic E-state index is 0.0392. The molecule has 0 spiro atoms. The summed E-state index contributed by atoms with van der Waals surface area (Å²) in [5.74, 6) is 0.0622. The molecule has 0 unspecified atom stereocenters. The Bertz CT molecular complexity index is 1200. The number of fused-ring (bicyclic) bond motifs is 1. The minimum Gasteiger partial charge on any atom is -0.487 e. The molecular formula is C29H33F2N3O3. The first kappa shape index (κ1) is 25.4. The van der Waals surface area contributed by atoms with E-state index in [0.29, 0.717) is 11.7 Å². The fourth-order valence-corrected chi connectivity index (χ4v) is 5.42. The lowest BCUT2D eigenvalue weighted by Crippen LogP contribution is -2.41. The highest BCUT2D eigenvalue weighted by Crippen LogP contribution is 2.29. The highest BCUT2D eigenvalue weighted by molar-refractivity contribution is 5.87. The molecule has 1 aliphatic carbocycles. The van der Waals surface area contributed by atoms with Crippen LogP contribution in [-0.4, -0.2) is 47.8 Å². The lowest BCUT2D eigenvalue weighted by Gasteiger charge is -2.34. The topological polar surface area (TPSA) is 63.7 Å². The van der Waals surface area contributed by atoms with Gasteiger partial charge in [-0.25, -0.2) is 13.6 Å². The number of para-hydroxylation sites is 1. The van der Waals surface area contributed by atoms with Gasteiger partial charge in [0.1, 0.15) is 17.7 Å². The number of aromatic nitrogens is 1. The first-order valence-corrected chi connectivity index (χ1v) is 13.2. The SMILES string of the molecule is O=C(NC1CCC(CCN2CCC(Oc3ccc(F)cc3F)CC2)CC1)Oc1ccnc2ccccc12. The van der Waals surface area contributed by atoms with Crippen molar-refractivity contribution < 1.29 is 23.0 Å². The van der Waals surface area contributed by atoms with Gasteiger partial charge in [0.2, 0.25) is 0 Å². The van der Waals surface area contributed by atoms with Gasteiger partial charge in [0, 0.05) is 36.8 Å². The summed E-state index contributed by atoms with van der Waals surface area (Å²) in [7, 11) is 0. The number of hydrogen-bond acceptors (Lipinski definition) is 5. The van der Waals surface area contributed by atoms with E-state index in [-0.39, 0.29) is 17.9 Å². The summed E-state index contributed by atoms with van der Waals surface area (Å²) in [5, 5.41) is 3.86. The van der Waals surface area contributed by atoms with Gasteiger partial charge in [-0.15, -0.1) is 0 Å². The summed E-state index contributed by atoms with van der Waals surface area (Å²) in [6, 6.07) is 12.9. The number of halogens is 2. The number of hydrogen-bond donors (Lipinski definition) is 1. The molecule has 196 valence electrons. The molecule has 1 saturated heterocycles. The molecule has 1 aromatic heterocycles. The van der Waals surface area contributed by atoms with Crippen LogP contribution in [0.3, 0.4) is 0 Å². The number of nitrogens with zero attached hydrogens (tertiary/aromatic N) is 2. The van der Waals surface area contributed by atoms with Crippen molar-refractivity contribution in [3.8, 4) is 11.5 Å². The zero-order valence-electron chi connectivity index (χ0n) is 20.9. The highest BCUT2D eigenvalue weighted by atomic mass is 19.1. The lowest BCUT2D eigenvalue weighted by molar-refractivity contribution is 0.0917. The van der Waals surface area contributed by atoms with Gasteiger partial charge in [0.05, 0.1) is 5.52 Å². The molecule has 5 rings (SSSR count). The van der Waals surface area contributed by atoms with Gasteiger partial charge >= 0.3 is 6.09 Å². The fourth-order valence-electron chi connectivity index (χ4n) is 5.42. The second kappa shape index (κ2) is 11.9. The first-order chi connectivity index (χ1) is 18.0. The Kier molecular flexibility index (Phi) is 8.14. The molecule has 2 fully saturated rings. The lowest BCUT2D eigenvalue weighted by atomic mass is 9.84. The third kappa shape index (κ3) is 6.74. The average Bonchev–Trinajstić information content (AvgIpc) is 2.91. The van der Waals surface area contributed by atoms with Gasteiger partial charge in [-0.2, -0.15) is 0 Å². The molecule has 8 heteroatoms. The standard InChI is InChI=1S/C29H33F2N3O3/c30-21-7-10-28(25(31)19-21)36-23-13-17-34(18-14-23)16-12-20-5-8-22(9-6-20)33-29(35)37-27-11-15-32-26-4-2-1-3-24(26)27/h1-4,7,10-11,15,19-20,22-23H,5-6,8-9,12-14,16-18H2,(H,33,35). The maximum absolute atomic E-state index is 13.9. The van der Waals surface area contributed by atoms with Crippen LogP contribution in [0.4, 0.5) is 13.6 Å². The van der Waals surface area contributed by atoms with E-state index in [4.69, 9.17) is 9.47 Å². The van der Waals surface area contributed by atoms with Crippen LogP contribution in [0.25, 0.3) is 10.9 Å². The zero-order valence-corrected chi connectivity index (χ0v) is 20.9.